The number of fused-ring (bicyclic) bond motifs is 3. The molecule has 0 fully saturated rings. The Balaban J connectivity index is 1.45. The van der Waals surface area contributed by atoms with Gasteiger partial charge in [-0.25, -0.2) is 4.79 Å². The van der Waals surface area contributed by atoms with Crippen molar-refractivity contribution in [1.82, 2.24) is 0 Å². The van der Waals surface area contributed by atoms with Gasteiger partial charge in [-0.1, -0.05) is 48.5 Å². The van der Waals surface area contributed by atoms with E-state index in [-0.39, 0.29) is 5.92 Å². The summed E-state index contributed by atoms with van der Waals surface area (Å²) in [6, 6.07) is 24.3. The molecule has 1 N–H and O–H groups in total. The summed E-state index contributed by atoms with van der Waals surface area (Å²) in [6.45, 7) is 0.315. The third-order valence-electron chi connectivity index (χ3n) is 4.97. The van der Waals surface area contributed by atoms with Gasteiger partial charge in [-0.05, 0) is 46.5 Å². The highest BCUT2D eigenvalue weighted by atomic mass is 16.5. The van der Waals surface area contributed by atoms with Crippen molar-refractivity contribution in [2.75, 3.05) is 30.9 Å². The minimum absolute atomic E-state index is 0.0688. The predicted molar refractivity (Wildman–Crippen MR) is 109 cm³/mol. The van der Waals surface area contributed by atoms with E-state index in [2.05, 4.69) is 29.6 Å². The third-order valence-corrected chi connectivity index (χ3v) is 4.97. The summed E-state index contributed by atoms with van der Waals surface area (Å²) >= 11 is 0. The van der Waals surface area contributed by atoms with Gasteiger partial charge in [0.25, 0.3) is 0 Å². The van der Waals surface area contributed by atoms with Crippen LogP contribution in [0.3, 0.4) is 0 Å². The van der Waals surface area contributed by atoms with E-state index < -0.39 is 6.09 Å². The van der Waals surface area contributed by atoms with Crippen LogP contribution < -0.4 is 10.2 Å². The molecule has 0 saturated carbocycles. The Labute approximate surface area is 159 Å². The van der Waals surface area contributed by atoms with Crippen molar-refractivity contribution in [3.8, 4) is 11.1 Å². The van der Waals surface area contributed by atoms with Gasteiger partial charge in [0.1, 0.15) is 6.61 Å². The first kappa shape index (κ1) is 17.2. The lowest BCUT2D eigenvalue weighted by Gasteiger charge is -2.15. The average molecular weight is 358 g/mol. The number of anilines is 2. The zero-order valence-corrected chi connectivity index (χ0v) is 15.5. The van der Waals surface area contributed by atoms with Gasteiger partial charge in [0.05, 0.1) is 0 Å². The molecule has 0 spiro atoms. The highest BCUT2D eigenvalue weighted by Crippen LogP contribution is 2.44. The highest BCUT2D eigenvalue weighted by molar-refractivity contribution is 5.85. The number of carbonyl (C=O) groups excluding carboxylic acids is 1. The quantitative estimate of drug-likeness (QED) is 0.704. The maximum absolute atomic E-state index is 12.3. The number of carbonyl (C=O) groups is 1. The number of benzene rings is 3. The summed E-state index contributed by atoms with van der Waals surface area (Å²) in [5.74, 6) is 0.0688. The number of nitrogens with one attached hydrogen (secondary N) is 1. The molecule has 0 bridgehead atoms. The Morgan fingerprint density at radius 1 is 0.889 bits per heavy atom. The van der Waals surface area contributed by atoms with Crippen LogP contribution in [0.25, 0.3) is 11.1 Å². The molecular weight excluding hydrogens is 336 g/mol. The molecule has 1 amide bonds. The normalized spacial score (nSPS) is 12.2. The maximum atomic E-state index is 12.3. The van der Waals surface area contributed by atoms with Crippen molar-refractivity contribution in [3.63, 3.8) is 0 Å². The van der Waals surface area contributed by atoms with Gasteiger partial charge < -0.3 is 9.64 Å². The smallest absolute Gasteiger partial charge is 0.411 e. The van der Waals surface area contributed by atoms with Crippen LogP contribution in [0.15, 0.2) is 72.8 Å². The van der Waals surface area contributed by atoms with E-state index in [0.29, 0.717) is 6.61 Å². The Hall–Kier alpha value is -3.27. The standard InChI is InChI=1S/C23H22N2O2/c1-25(2)17-13-11-16(12-14-17)24-23(26)27-15-22-20-9-5-3-7-18(20)19-8-4-6-10-21(19)22/h3-14,22H,15H2,1-2H3,(H,24,26). The predicted octanol–water partition coefficient (Wildman–Crippen LogP) is 5.11. The lowest BCUT2D eigenvalue weighted by molar-refractivity contribution is 0.158. The maximum Gasteiger partial charge on any atom is 0.411 e. The van der Waals surface area contributed by atoms with Crippen molar-refractivity contribution < 1.29 is 9.53 Å². The van der Waals surface area contributed by atoms with Crippen molar-refractivity contribution in [3.05, 3.63) is 83.9 Å². The van der Waals surface area contributed by atoms with E-state index in [1.54, 1.807) is 0 Å². The summed E-state index contributed by atoms with van der Waals surface area (Å²) in [4.78, 5) is 14.3. The molecule has 27 heavy (non-hydrogen) atoms. The van der Waals surface area contributed by atoms with E-state index in [1.807, 2.05) is 67.5 Å². The van der Waals surface area contributed by atoms with E-state index in [9.17, 15) is 4.79 Å². The van der Waals surface area contributed by atoms with E-state index in [4.69, 9.17) is 4.74 Å². The molecule has 0 aromatic heterocycles. The van der Waals surface area contributed by atoms with Gasteiger partial charge in [0.2, 0.25) is 0 Å². The van der Waals surface area contributed by atoms with Gasteiger partial charge >= 0.3 is 6.09 Å². The Bertz CT molecular complexity index is 919. The molecule has 0 saturated heterocycles. The first-order valence-electron chi connectivity index (χ1n) is 9.03. The molecule has 0 aliphatic heterocycles. The summed E-state index contributed by atoms with van der Waals surface area (Å²) < 4.78 is 5.56. The molecule has 0 radical (unpaired) electrons. The largest absolute Gasteiger partial charge is 0.448 e. The van der Waals surface area contributed by atoms with Crippen LogP contribution in [0.5, 0.6) is 0 Å². The Morgan fingerprint density at radius 2 is 1.44 bits per heavy atom. The van der Waals surface area contributed by atoms with Crippen molar-refractivity contribution in [1.29, 1.82) is 0 Å². The molecular formula is C23H22N2O2. The second-order valence-electron chi connectivity index (χ2n) is 6.89. The summed E-state index contributed by atoms with van der Waals surface area (Å²) in [7, 11) is 3.96. The number of hydrogen-bond donors (Lipinski definition) is 1. The first-order chi connectivity index (χ1) is 13.1. The highest BCUT2D eigenvalue weighted by Gasteiger charge is 2.28. The van der Waals surface area contributed by atoms with Crippen molar-refractivity contribution >= 4 is 17.5 Å². The number of nitrogens with zero attached hydrogens (tertiary/aromatic N) is 1. The average Bonchev–Trinajstić information content (AvgIpc) is 3.01. The minimum Gasteiger partial charge on any atom is -0.448 e. The summed E-state index contributed by atoms with van der Waals surface area (Å²) in [6.07, 6.45) is -0.436. The Kier molecular flexibility index (Phi) is 4.55. The minimum atomic E-state index is -0.436. The Morgan fingerprint density at radius 3 is 2.00 bits per heavy atom. The topological polar surface area (TPSA) is 41.6 Å². The fourth-order valence-corrected chi connectivity index (χ4v) is 3.60. The van der Waals surface area contributed by atoms with Gasteiger partial charge in [-0.15, -0.1) is 0 Å². The molecule has 0 unspecified atom stereocenters. The molecule has 0 atom stereocenters. The molecule has 1 aliphatic carbocycles. The molecule has 136 valence electrons. The van der Waals surface area contributed by atoms with Crippen LogP contribution >= 0.6 is 0 Å². The van der Waals surface area contributed by atoms with Crippen LogP contribution in [0.2, 0.25) is 0 Å². The van der Waals surface area contributed by atoms with Crippen LogP contribution in [-0.4, -0.2) is 26.8 Å². The zero-order valence-electron chi connectivity index (χ0n) is 15.5. The van der Waals surface area contributed by atoms with E-state index >= 15 is 0 Å². The first-order valence-corrected chi connectivity index (χ1v) is 9.03. The van der Waals surface area contributed by atoms with Crippen molar-refractivity contribution in [2.45, 2.75) is 5.92 Å². The van der Waals surface area contributed by atoms with Crippen LogP contribution in [0.4, 0.5) is 16.2 Å². The lowest BCUT2D eigenvalue weighted by Crippen LogP contribution is -2.18. The third kappa shape index (κ3) is 3.38. The van der Waals surface area contributed by atoms with Gasteiger partial charge in [0, 0.05) is 31.4 Å². The number of ether oxygens (including phenoxy) is 1. The second kappa shape index (κ2) is 7.16. The number of rotatable bonds is 4. The fourth-order valence-electron chi connectivity index (χ4n) is 3.60. The lowest BCUT2D eigenvalue weighted by atomic mass is 9.98. The molecule has 0 heterocycles. The molecule has 4 nitrogen and oxygen atoms in total. The second-order valence-corrected chi connectivity index (χ2v) is 6.89. The van der Waals surface area contributed by atoms with Gasteiger partial charge in [-0.3, -0.25) is 5.32 Å². The van der Waals surface area contributed by atoms with Crippen LogP contribution in [-0.2, 0) is 4.74 Å². The van der Waals surface area contributed by atoms with Gasteiger partial charge in [-0.2, -0.15) is 0 Å². The molecule has 3 aromatic carbocycles. The number of amides is 1. The monoisotopic (exact) mass is 358 g/mol. The van der Waals surface area contributed by atoms with E-state index in [0.717, 1.165) is 11.4 Å². The van der Waals surface area contributed by atoms with E-state index in [1.165, 1.54) is 22.3 Å². The summed E-state index contributed by atoms with van der Waals surface area (Å²) in [5.41, 5.74) is 6.66. The van der Waals surface area contributed by atoms with Crippen molar-refractivity contribution in [2.24, 2.45) is 0 Å². The van der Waals surface area contributed by atoms with Gasteiger partial charge in [0.15, 0.2) is 0 Å². The molecule has 3 aromatic rings. The molecule has 4 rings (SSSR count). The SMILES string of the molecule is CN(C)c1ccc(NC(=O)OCC2c3ccccc3-c3ccccc32)cc1. The van der Waals surface area contributed by atoms with Crippen LogP contribution in [0.1, 0.15) is 17.0 Å². The fraction of sp³-hybridized carbons (Fsp3) is 0.174. The van der Waals surface area contributed by atoms with Crippen LogP contribution in [0, 0.1) is 0 Å². The molecule has 1 aliphatic rings. The number of hydrogen-bond acceptors (Lipinski definition) is 3. The zero-order chi connectivity index (χ0) is 18.8. The summed E-state index contributed by atoms with van der Waals surface area (Å²) in [5, 5.41) is 2.80. The molecule has 4 heteroatoms.